The van der Waals surface area contributed by atoms with Gasteiger partial charge in [0.05, 0.1) is 5.69 Å². The van der Waals surface area contributed by atoms with Crippen molar-refractivity contribution in [1.29, 1.82) is 0 Å². The number of nitrogens with zero attached hydrogens (tertiary/aromatic N) is 1. The molecule has 1 aliphatic carbocycles. The van der Waals surface area contributed by atoms with Crippen molar-refractivity contribution in [3.8, 4) is 0 Å². The zero-order chi connectivity index (χ0) is 11.4. The summed E-state index contributed by atoms with van der Waals surface area (Å²) in [5.74, 6) is 1.86. The van der Waals surface area contributed by atoms with Crippen LogP contribution >= 0.6 is 0 Å². The molecule has 2 N–H and O–H groups in total. The molecule has 1 heterocycles. The molecular formula is C13H23N3. The van der Waals surface area contributed by atoms with Crippen molar-refractivity contribution in [3.63, 3.8) is 0 Å². The lowest BCUT2D eigenvalue weighted by Crippen LogP contribution is -2.11. The van der Waals surface area contributed by atoms with Gasteiger partial charge in [-0.3, -0.25) is 0 Å². The van der Waals surface area contributed by atoms with Crippen molar-refractivity contribution in [1.82, 2.24) is 15.3 Å². The standard InChI is InChI=1S/C13H23N3/c1-10-13(11-6-4-3-5-7-11)16-12(15-10)8-9-14-2/h11,14H,3-9H2,1-2H3,(H,15,16). The summed E-state index contributed by atoms with van der Waals surface area (Å²) in [6.07, 6.45) is 7.83. The summed E-state index contributed by atoms with van der Waals surface area (Å²) < 4.78 is 0. The molecule has 0 spiro atoms. The quantitative estimate of drug-likeness (QED) is 0.820. The monoisotopic (exact) mass is 221 g/mol. The van der Waals surface area contributed by atoms with Crippen LogP contribution in [0.5, 0.6) is 0 Å². The zero-order valence-electron chi connectivity index (χ0n) is 10.5. The first-order valence-electron chi connectivity index (χ1n) is 6.51. The third kappa shape index (κ3) is 2.64. The van der Waals surface area contributed by atoms with Gasteiger partial charge in [-0.2, -0.15) is 0 Å². The molecule has 90 valence electrons. The van der Waals surface area contributed by atoms with Crippen LogP contribution in [-0.4, -0.2) is 23.6 Å². The first kappa shape index (κ1) is 11.6. The molecule has 1 fully saturated rings. The Labute approximate surface area is 98.1 Å². The SMILES string of the molecule is CNCCc1nc(C2CCCCC2)c(C)[nH]1. The first-order valence-corrected chi connectivity index (χ1v) is 6.51. The van der Waals surface area contributed by atoms with Gasteiger partial charge in [-0.1, -0.05) is 19.3 Å². The molecule has 0 aromatic carbocycles. The van der Waals surface area contributed by atoms with Gasteiger partial charge < -0.3 is 10.3 Å². The van der Waals surface area contributed by atoms with Gasteiger partial charge >= 0.3 is 0 Å². The van der Waals surface area contributed by atoms with Crippen LogP contribution < -0.4 is 5.32 Å². The molecule has 0 aliphatic heterocycles. The fraction of sp³-hybridized carbons (Fsp3) is 0.769. The van der Waals surface area contributed by atoms with E-state index in [1.165, 1.54) is 43.5 Å². The molecule has 0 atom stereocenters. The van der Waals surface area contributed by atoms with Crippen LogP contribution in [0.15, 0.2) is 0 Å². The number of H-pyrrole nitrogens is 1. The molecule has 0 bridgehead atoms. The average molecular weight is 221 g/mol. The number of rotatable bonds is 4. The Bertz CT molecular complexity index is 324. The molecule has 1 aliphatic rings. The smallest absolute Gasteiger partial charge is 0.107 e. The summed E-state index contributed by atoms with van der Waals surface area (Å²) in [5, 5.41) is 3.16. The predicted octanol–water partition coefficient (Wildman–Crippen LogP) is 2.53. The Morgan fingerprint density at radius 1 is 1.31 bits per heavy atom. The summed E-state index contributed by atoms with van der Waals surface area (Å²) in [5.41, 5.74) is 2.63. The lowest BCUT2D eigenvalue weighted by Gasteiger charge is -2.20. The Hall–Kier alpha value is -0.830. The maximum absolute atomic E-state index is 4.78. The van der Waals surface area contributed by atoms with Gasteiger partial charge in [-0.15, -0.1) is 0 Å². The van der Waals surface area contributed by atoms with E-state index in [0.29, 0.717) is 5.92 Å². The van der Waals surface area contributed by atoms with Crippen LogP contribution in [0.4, 0.5) is 0 Å². The molecular weight excluding hydrogens is 198 g/mol. The third-order valence-corrected chi connectivity index (χ3v) is 3.58. The van der Waals surface area contributed by atoms with Crippen LogP contribution in [0.25, 0.3) is 0 Å². The largest absolute Gasteiger partial charge is 0.346 e. The second kappa shape index (κ2) is 5.48. The van der Waals surface area contributed by atoms with E-state index in [1.54, 1.807) is 0 Å². The Morgan fingerprint density at radius 2 is 2.06 bits per heavy atom. The fourth-order valence-corrected chi connectivity index (χ4v) is 2.67. The minimum Gasteiger partial charge on any atom is -0.346 e. The van der Waals surface area contributed by atoms with Crippen molar-refractivity contribution in [2.24, 2.45) is 0 Å². The Kier molecular flexibility index (Phi) is 3.99. The maximum Gasteiger partial charge on any atom is 0.107 e. The van der Waals surface area contributed by atoms with E-state index in [1.807, 2.05) is 7.05 Å². The average Bonchev–Trinajstić information content (AvgIpc) is 2.69. The minimum absolute atomic E-state index is 0.716. The second-order valence-electron chi connectivity index (χ2n) is 4.88. The fourth-order valence-electron chi connectivity index (χ4n) is 2.67. The van der Waals surface area contributed by atoms with Crippen molar-refractivity contribution < 1.29 is 0 Å². The predicted molar refractivity (Wildman–Crippen MR) is 66.8 cm³/mol. The highest BCUT2D eigenvalue weighted by Crippen LogP contribution is 2.33. The number of hydrogen-bond acceptors (Lipinski definition) is 2. The van der Waals surface area contributed by atoms with Gasteiger partial charge in [-0.25, -0.2) is 4.98 Å². The van der Waals surface area contributed by atoms with Gasteiger partial charge in [0.2, 0.25) is 0 Å². The molecule has 3 nitrogen and oxygen atoms in total. The molecule has 0 amide bonds. The molecule has 2 rings (SSSR count). The summed E-state index contributed by atoms with van der Waals surface area (Å²) >= 11 is 0. The number of likely N-dealkylation sites (N-methyl/N-ethyl adjacent to an activating group) is 1. The second-order valence-corrected chi connectivity index (χ2v) is 4.88. The summed E-state index contributed by atoms with van der Waals surface area (Å²) in [7, 11) is 1.98. The first-order chi connectivity index (χ1) is 7.81. The number of hydrogen-bond donors (Lipinski definition) is 2. The van der Waals surface area contributed by atoms with E-state index in [2.05, 4.69) is 17.2 Å². The third-order valence-electron chi connectivity index (χ3n) is 3.58. The summed E-state index contributed by atoms with van der Waals surface area (Å²) in [6, 6.07) is 0. The molecule has 0 saturated heterocycles. The van der Waals surface area contributed by atoms with Crippen LogP contribution in [0.2, 0.25) is 0 Å². The molecule has 16 heavy (non-hydrogen) atoms. The van der Waals surface area contributed by atoms with E-state index in [0.717, 1.165) is 18.8 Å². The highest BCUT2D eigenvalue weighted by Gasteiger charge is 2.20. The Balaban J connectivity index is 2.04. The molecule has 1 saturated carbocycles. The van der Waals surface area contributed by atoms with Crippen LogP contribution in [0.1, 0.15) is 55.2 Å². The van der Waals surface area contributed by atoms with Gasteiger partial charge in [0.1, 0.15) is 5.82 Å². The number of imidazole rings is 1. The molecule has 3 heteroatoms. The minimum atomic E-state index is 0.716. The summed E-state index contributed by atoms with van der Waals surface area (Å²) in [4.78, 5) is 8.20. The van der Waals surface area contributed by atoms with E-state index >= 15 is 0 Å². The van der Waals surface area contributed by atoms with E-state index < -0.39 is 0 Å². The van der Waals surface area contributed by atoms with Crippen molar-refractivity contribution in [2.45, 2.75) is 51.4 Å². The van der Waals surface area contributed by atoms with E-state index in [4.69, 9.17) is 4.98 Å². The topological polar surface area (TPSA) is 40.7 Å². The number of aromatic amines is 1. The van der Waals surface area contributed by atoms with Crippen molar-refractivity contribution >= 4 is 0 Å². The van der Waals surface area contributed by atoms with Crippen LogP contribution in [-0.2, 0) is 6.42 Å². The van der Waals surface area contributed by atoms with E-state index in [9.17, 15) is 0 Å². The highest BCUT2D eigenvalue weighted by atomic mass is 14.9. The van der Waals surface area contributed by atoms with Crippen LogP contribution in [0.3, 0.4) is 0 Å². The van der Waals surface area contributed by atoms with Gasteiger partial charge in [-0.05, 0) is 26.8 Å². The van der Waals surface area contributed by atoms with Crippen molar-refractivity contribution in [3.05, 3.63) is 17.2 Å². The van der Waals surface area contributed by atoms with Gasteiger partial charge in [0.25, 0.3) is 0 Å². The van der Waals surface area contributed by atoms with Crippen molar-refractivity contribution in [2.75, 3.05) is 13.6 Å². The van der Waals surface area contributed by atoms with Gasteiger partial charge in [0.15, 0.2) is 0 Å². The lowest BCUT2D eigenvalue weighted by molar-refractivity contribution is 0.436. The van der Waals surface area contributed by atoms with Gasteiger partial charge in [0, 0.05) is 24.6 Å². The maximum atomic E-state index is 4.78. The highest BCUT2D eigenvalue weighted by molar-refractivity contribution is 5.18. The summed E-state index contributed by atoms with van der Waals surface area (Å²) in [6.45, 7) is 3.16. The molecule has 0 radical (unpaired) electrons. The number of aromatic nitrogens is 2. The zero-order valence-corrected chi connectivity index (χ0v) is 10.5. The molecule has 1 aromatic rings. The Morgan fingerprint density at radius 3 is 2.75 bits per heavy atom. The molecule has 1 aromatic heterocycles. The van der Waals surface area contributed by atoms with Crippen LogP contribution in [0, 0.1) is 6.92 Å². The number of nitrogens with one attached hydrogen (secondary N) is 2. The molecule has 0 unspecified atom stereocenters. The lowest BCUT2D eigenvalue weighted by atomic mass is 9.86. The normalized spacial score (nSPS) is 17.9. The van der Waals surface area contributed by atoms with E-state index in [-0.39, 0.29) is 0 Å². The number of aryl methyl sites for hydroxylation is 1.